The van der Waals surface area contributed by atoms with Gasteiger partial charge in [0, 0.05) is 6.54 Å². The van der Waals surface area contributed by atoms with Crippen molar-refractivity contribution in [2.45, 2.75) is 19.9 Å². The molecule has 6 nitrogen and oxygen atoms in total. The number of aromatic nitrogens is 4. The van der Waals surface area contributed by atoms with Crippen LogP contribution < -0.4 is 11.2 Å². The molecule has 0 aliphatic heterocycles. The van der Waals surface area contributed by atoms with Gasteiger partial charge < -0.3 is 4.98 Å². The van der Waals surface area contributed by atoms with E-state index < -0.39 is 11.2 Å². The minimum atomic E-state index is -0.438. The Bertz CT molecular complexity index is 889. The van der Waals surface area contributed by atoms with Crippen LogP contribution in [0.5, 0.6) is 0 Å². The van der Waals surface area contributed by atoms with Crippen molar-refractivity contribution >= 4 is 38.4 Å². The summed E-state index contributed by atoms with van der Waals surface area (Å²) in [6, 6.07) is 3.82. The van der Waals surface area contributed by atoms with Crippen LogP contribution in [0.15, 0.2) is 25.5 Å². The maximum atomic E-state index is 11.9. The Kier molecular flexibility index (Phi) is 3.35. The quantitative estimate of drug-likeness (QED) is 0.756. The largest absolute Gasteiger partial charge is 0.331 e. The predicted molar refractivity (Wildman–Crippen MR) is 82.3 cm³/mol. The molecule has 0 fully saturated rings. The molecule has 0 saturated carbocycles. The molecule has 0 radical (unpaired) electrons. The van der Waals surface area contributed by atoms with Gasteiger partial charge in [0.15, 0.2) is 11.5 Å². The van der Waals surface area contributed by atoms with Crippen LogP contribution in [-0.2, 0) is 6.54 Å². The van der Waals surface area contributed by atoms with Crippen LogP contribution in [0.3, 0.4) is 0 Å². The van der Waals surface area contributed by atoms with E-state index in [1.165, 1.54) is 15.9 Å². The average molecular weight is 355 g/mol. The molecule has 0 aromatic carbocycles. The van der Waals surface area contributed by atoms with Gasteiger partial charge in [-0.15, -0.1) is 11.3 Å². The van der Waals surface area contributed by atoms with E-state index in [2.05, 4.69) is 30.9 Å². The molecule has 0 bridgehead atoms. The minimum Gasteiger partial charge on any atom is -0.331 e. The number of hydrogen-bond donors (Lipinski definition) is 2. The summed E-state index contributed by atoms with van der Waals surface area (Å²) in [6.45, 7) is 2.48. The second-order valence-electron chi connectivity index (χ2n) is 4.30. The first-order valence-electron chi connectivity index (χ1n) is 6.08. The zero-order valence-corrected chi connectivity index (χ0v) is 13.0. The molecule has 0 unspecified atom stereocenters. The number of thiophene rings is 1. The van der Waals surface area contributed by atoms with Gasteiger partial charge in [-0.2, -0.15) is 0 Å². The summed E-state index contributed by atoms with van der Waals surface area (Å²) >= 11 is 4.90. The molecule has 0 aliphatic rings. The summed E-state index contributed by atoms with van der Waals surface area (Å²) in [5.41, 5.74) is -0.126. The fraction of sp³-hybridized carbons (Fsp3) is 0.250. The van der Waals surface area contributed by atoms with Gasteiger partial charge in [-0.1, -0.05) is 6.92 Å². The van der Waals surface area contributed by atoms with E-state index in [9.17, 15) is 9.59 Å². The molecule has 104 valence electrons. The topological polar surface area (TPSA) is 83.5 Å². The van der Waals surface area contributed by atoms with Crippen LogP contribution in [0.1, 0.15) is 13.3 Å². The van der Waals surface area contributed by atoms with Crippen molar-refractivity contribution < 1.29 is 0 Å². The summed E-state index contributed by atoms with van der Waals surface area (Å²) in [5, 5.41) is 0. The van der Waals surface area contributed by atoms with E-state index in [1.807, 2.05) is 19.1 Å². The Hall–Kier alpha value is -1.67. The van der Waals surface area contributed by atoms with E-state index in [0.29, 0.717) is 23.5 Å². The molecule has 3 rings (SSSR count). The average Bonchev–Trinajstić information content (AvgIpc) is 3.00. The van der Waals surface area contributed by atoms with Crippen molar-refractivity contribution in [1.82, 2.24) is 19.5 Å². The van der Waals surface area contributed by atoms with Gasteiger partial charge in [-0.05, 0) is 34.5 Å². The lowest BCUT2D eigenvalue weighted by Gasteiger charge is -2.02. The van der Waals surface area contributed by atoms with Gasteiger partial charge in [0.25, 0.3) is 5.56 Å². The van der Waals surface area contributed by atoms with Crippen molar-refractivity contribution in [2.24, 2.45) is 0 Å². The fourth-order valence-electron chi connectivity index (χ4n) is 2.03. The van der Waals surface area contributed by atoms with Crippen LogP contribution in [0.4, 0.5) is 0 Å². The smallest absolute Gasteiger partial charge is 0.330 e. The number of halogens is 1. The minimum absolute atomic E-state index is 0.331. The molecular weight excluding hydrogens is 344 g/mol. The Balaban J connectivity index is 2.29. The molecule has 3 aromatic rings. The van der Waals surface area contributed by atoms with Gasteiger partial charge in [-0.25, -0.2) is 9.78 Å². The van der Waals surface area contributed by atoms with Gasteiger partial charge >= 0.3 is 5.69 Å². The van der Waals surface area contributed by atoms with E-state index >= 15 is 0 Å². The molecule has 2 N–H and O–H groups in total. The monoisotopic (exact) mass is 354 g/mol. The third-order valence-electron chi connectivity index (χ3n) is 2.89. The number of aromatic amines is 2. The Morgan fingerprint density at radius 2 is 2.15 bits per heavy atom. The summed E-state index contributed by atoms with van der Waals surface area (Å²) in [6.07, 6.45) is 0.786. The van der Waals surface area contributed by atoms with Crippen LogP contribution in [0.25, 0.3) is 21.9 Å². The Morgan fingerprint density at radius 3 is 2.80 bits per heavy atom. The van der Waals surface area contributed by atoms with Crippen molar-refractivity contribution in [3.63, 3.8) is 0 Å². The molecule has 3 aromatic heterocycles. The standard InChI is InChI=1S/C12H11BrN4O2S/c1-2-5-17-10-8(11(18)16-12(17)19)14-9(15-10)6-3-4-7(13)20-6/h3-4H,2,5H2,1H3,(H,14,15)(H,16,18,19). The fourth-order valence-corrected chi connectivity index (χ4v) is 3.36. The summed E-state index contributed by atoms with van der Waals surface area (Å²) in [4.78, 5) is 34.3. The number of fused-ring (bicyclic) bond motifs is 1. The third kappa shape index (κ3) is 2.14. The Morgan fingerprint density at radius 1 is 1.35 bits per heavy atom. The number of rotatable bonds is 3. The Labute approximate surface area is 125 Å². The molecular formula is C12H11BrN4O2S. The predicted octanol–water partition coefficient (Wildman–Crippen LogP) is 2.31. The zero-order valence-electron chi connectivity index (χ0n) is 10.6. The van der Waals surface area contributed by atoms with Crippen molar-refractivity contribution in [1.29, 1.82) is 0 Å². The lowest BCUT2D eigenvalue weighted by atomic mass is 10.4. The molecule has 0 spiro atoms. The summed E-state index contributed by atoms with van der Waals surface area (Å²) in [7, 11) is 0. The number of aryl methyl sites for hydroxylation is 1. The first-order chi connectivity index (χ1) is 9.60. The van der Waals surface area contributed by atoms with Gasteiger partial charge in [0.2, 0.25) is 0 Å². The highest BCUT2D eigenvalue weighted by Gasteiger charge is 2.14. The molecule has 8 heteroatoms. The maximum Gasteiger partial charge on any atom is 0.330 e. The lowest BCUT2D eigenvalue weighted by Crippen LogP contribution is -2.30. The highest BCUT2D eigenvalue weighted by atomic mass is 79.9. The molecule has 0 aliphatic carbocycles. The van der Waals surface area contributed by atoms with Crippen molar-refractivity contribution in [3.05, 3.63) is 36.8 Å². The molecule has 0 amide bonds. The highest BCUT2D eigenvalue weighted by Crippen LogP contribution is 2.29. The normalized spacial score (nSPS) is 11.3. The lowest BCUT2D eigenvalue weighted by molar-refractivity contribution is 0.653. The summed E-state index contributed by atoms with van der Waals surface area (Å²) in [5.74, 6) is 0.594. The van der Waals surface area contributed by atoms with E-state index in [0.717, 1.165) is 15.1 Å². The van der Waals surface area contributed by atoms with Crippen molar-refractivity contribution in [2.75, 3.05) is 0 Å². The SMILES string of the molecule is CCCn1c(=O)[nH]c(=O)c2[nH]c(-c3ccc(Br)s3)nc21. The number of hydrogen-bond acceptors (Lipinski definition) is 4. The third-order valence-corrected chi connectivity index (χ3v) is 4.52. The van der Waals surface area contributed by atoms with Gasteiger partial charge in [0.1, 0.15) is 5.52 Å². The highest BCUT2D eigenvalue weighted by molar-refractivity contribution is 9.11. The van der Waals surface area contributed by atoms with Crippen LogP contribution in [0, 0.1) is 0 Å². The van der Waals surface area contributed by atoms with Crippen molar-refractivity contribution in [3.8, 4) is 10.7 Å². The molecule has 3 heterocycles. The number of nitrogens with one attached hydrogen (secondary N) is 2. The molecule has 0 saturated heterocycles. The van der Waals surface area contributed by atoms with Crippen LogP contribution in [-0.4, -0.2) is 19.5 Å². The zero-order chi connectivity index (χ0) is 14.3. The van der Waals surface area contributed by atoms with Crippen LogP contribution >= 0.6 is 27.3 Å². The van der Waals surface area contributed by atoms with Gasteiger partial charge in [-0.3, -0.25) is 14.3 Å². The molecule has 20 heavy (non-hydrogen) atoms. The number of imidazole rings is 1. The van der Waals surface area contributed by atoms with E-state index in [4.69, 9.17) is 0 Å². The summed E-state index contributed by atoms with van der Waals surface area (Å²) < 4.78 is 2.46. The second-order valence-corrected chi connectivity index (χ2v) is 6.76. The first-order valence-corrected chi connectivity index (χ1v) is 7.69. The second kappa shape index (κ2) is 5.02. The van der Waals surface area contributed by atoms with Crippen LogP contribution in [0.2, 0.25) is 0 Å². The number of H-pyrrole nitrogens is 2. The van der Waals surface area contributed by atoms with Gasteiger partial charge in [0.05, 0.1) is 8.66 Å². The maximum absolute atomic E-state index is 11.9. The molecule has 0 atom stereocenters. The van der Waals surface area contributed by atoms with E-state index in [-0.39, 0.29) is 0 Å². The number of nitrogens with zero attached hydrogens (tertiary/aromatic N) is 2. The first kappa shape index (κ1) is 13.3. The van der Waals surface area contributed by atoms with E-state index in [1.54, 1.807) is 0 Å².